The van der Waals surface area contributed by atoms with Gasteiger partial charge in [0.05, 0.1) is 24.5 Å². The van der Waals surface area contributed by atoms with Crippen molar-refractivity contribution in [2.24, 2.45) is 0 Å². The number of halogens is 2. The molecule has 6 nitrogen and oxygen atoms in total. The summed E-state index contributed by atoms with van der Waals surface area (Å²) in [7, 11) is 0. The van der Waals surface area contributed by atoms with Gasteiger partial charge in [-0.3, -0.25) is 10.1 Å². The van der Waals surface area contributed by atoms with Gasteiger partial charge in [0, 0.05) is 19.0 Å². The van der Waals surface area contributed by atoms with E-state index in [1.54, 1.807) is 6.92 Å². The lowest BCUT2D eigenvalue weighted by molar-refractivity contribution is 0.0951. The second kappa shape index (κ2) is 8.03. The highest BCUT2D eigenvalue weighted by atomic mass is 19.2. The van der Waals surface area contributed by atoms with Gasteiger partial charge in [-0.15, -0.1) is 0 Å². The number of amides is 2. The van der Waals surface area contributed by atoms with Gasteiger partial charge in [-0.05, 0) is 30.2 Å². The summed E-state index contributed by atoms with van der Waals surface area (Å²) in [5, 5.41) is 4.89. The first-order valence-electron chi connectivity index (χ1n) is 8.43. The van der Waals surface area contributed by atoms with Gasteiger partial charge < -0.3 is 14.8 Å². The fourth-order valence-corrected chi connectivity index (χ4v) is 2.74. The van der Waals surface area contributed by atoms with Crippen LogP contribution in [0.4, 0.5) is 19.3 Å². The molecule has 0 radical (unpaired) electrons. The zero-order valence-corrected chi connectivity index (χ0v) is 14.6. The summed E-state index contributed by atoms with van der Waals surface area (Å²) in [5.74, 6) is -2.20. The average Bonchev–Trinajstić information content (AvgIpc) is 3.10. The minimum Gasteiger partial charge on any atom is -0.493 e. The molecule has 1 aliphatic rings. The maximum absolute atomic E-state index is 13.6. The third kappa shape index (κ3) is 4.33. The van der Waals surface area contributed by atoms with Gasteiger partial charge in [-0.25, -0.2) is 13.6 Å². The summed E-state index contributed by atoms with van der Waals surface area (Å²) in [5.41, 5.74) is 1.52. The lowest BCUT2D eigenvalue weighted by Crippen LogP contribution is -2.25. The number of benzene rings is 2. The number of carbonyl (C=O) groups is 2. The number of nitrogens with one attached hydrogen (secondary N) is 2. The first kappa shape index (κ1) is 18.6. The van der Waals surface area contributed by atoms with Crippen LogP contribution in [0.3, 0.4) is 0 Å². The Hall–Kier alpha value is -3.16. The Morgan fingerprint density at radius 1 is 1.19 bits per heavy atom. The molecule has 8 heteroatoms. The largest absolute Gasteiger partial charge is 0.493 e. The predicted octanol–water partition coefficient (Wildman–Crippen LogP) is 3.40. The Labute approximate surface area is 154 Å². The number of hydrogen-bond acceptors (Lipinski definition) is 4. The van der Waals surface area contributed by atoms with Gasteiger partial charge in [0.25, 0.3) is 5.91 Å². The van der Waals surface area contributed by atoms with Gasteiger partial charge in [-0.2, -0.15) is 0 Å². The quantitative estimate of drug-likeness (QED) is 0.839. The molecule has 3 rings (SSSR count). The number of fused-ring (bicyclic) bond motifs is 1. The summed E-state index contributed by atoms with van der Waals surface area (Å²) in [4.78, 5) is 24.0. The van der Waals surface area contributed by atoms with Crippen LogP contribution in [0.15, 0.2) is 30.3 Å². The predicted molar refractivity (Wildman–Crippen MR) is 93.8 cm³/mol. The van der Waals surface area contributed by atoms with E-state index >= 15 is 0 Å². The molecule has 0 atom stereocenters. The van der Waals surface area contributed by atoms with Gasteiger partial charge in [0.15, 0.2) is 11.6 Å². The summed E-state index contributed by atoms with van der Waals surface area (Å²) >= 11 is 0. The maximum atomic E-state index is 13.6. The first-order valence-corrected chi connectivity index (χ1v) is 8.43. The third-order valence-corrected chi connectivity index (χ3v) is 4.02. The molecule has 0 fully saturated rings. The van der Waals surface area contributed by atoms with Gasteiger partial charge in [0.2, 0.25) is 0 Å². The molecule has 2 amide bonds. The first-order chi connectivity index (χ1) is 13.0. The summed E-state index contributed by atoms with van der Waals surface area (Å²) in [6.45, 7) is 2.51. The molecule has 2 aromatic carbocycles. The number of ether oxygens (including phenoxy) is 2. The minimum absolute atomic E-state index is 0.0963. The Morgan fingerprint density at radius 2 is 1.96 bits per heavy atom. The van der Waals surface area contributed by atoms with Crippen molar-refractivity contribution >= 4 is 17.7 Å². The Kier molecular flexibility index (Phi) is 5.54. The van der Waals surface area contributed by atoms with Crippen molar-refractivity contribution in [1.82, 2.24) is 5.32 Å². The van der Waals surface area contributed by atoms with Gasteiger partial charge in [0.1, 0.15) is 5.75 Å². The minimum atomic E-state index is -1.19. The standard InChI is InChI=1S/C19H18F2N2O4/c1-2-26-19(25)23-16-9-15(21)14(20)8-13(16)18(24)22-10-11-3-4-17-12(7-11)5-6-27-17/h3-4,7-9H,2,5-6,10H2,1H3,(H,22,24)(H,23,25). The number of rotatable bonds is 5. The molecule has 0 saturated heterocycles. The van der Waals surface area contributed by atoms with Crippen molar-refractivity contribution in [3.8, 4) is 5.75 Å². The lowest BCUT2D eigenvalue weighted by atomic mass is 10.1. The molecule has 0 bridgehead atoms. The van der Waals surface area contributed by atoms with E-state index < -0.39 is 23.6 Å². The van der Waals surface area contributed by atoms with Crippen molar-refractivity contribution in [2.45, 2.75) is 19.9 Å². The van der Waals surface area contributed by atoms with Crippen molar-refractivity contribution in [1.29, 1.82) is 0 Å². The summed E-state index contributed by atoms with van der Waals surface area (Å²) in [6, 6.07) is 7.05. The zero-order valence-electron chi connectivity index (χ0n) is 14.6. The van der Waals surface area contributed by atoms with Gasteiger partial charge >= 0.3 is 6.09 Å². The molecule has 1 heterocycles. The van der Waals surface area contributed by atoms with Crippen LogP contribution in [-0.4, -0.2) is 25.2 Å². The van der Waals surface area contributed by atoms with Crippen molar-refractivity contribution < 1.29 is 27.8 Å². The fourth-order valence-electron chi connectivity index (χ4n) is 2.74. The molecule has 2 aromatic rings. The van der Waals surface area contributed by atoms with Crippen LogP contribution in [0.2, 0.25) is 0 Å². The smallest absolute Gasteiger partial charge is 0.411 e. The van der Waals surface area contributed by atoms with E-state index in [4.69, 9.17) is 9.47 Å². The Bertz CT molecular complexity index is 886. The van der Waals surface area contributed by atoms with E-state index in [2.05, 4.69) is 10.6 Å². The molecule has 0 saturated carbocycles. The van der Waals surface area contributed by atoms with E-state index in [-0.39, 0.29) is 24.4 Å². The lowest BCUT2D eigenvalue weighted by Gasteiger charge is -2.12. The summed E-state index contributed by atoms with van der Waals surface area (Å²) < 4.78 is 37.3. The SMILES string of the molecule is CCOC(=O)Nc1cc(F)c(F)cc1C(=O)NCc1ccc2c(c1)CCO2. The van der Waals surface area contributed by atoms with E-state index in [0.29, 0.717) is 6.61 Å². The van der Waals surface area contributed by atoms with Crippen molar-refractivity contribution in [3.63, 3.8) is 0 Å². The molecule has 0 spiro atoms. The molecule has 2 N–H and O–H groups in total. The highest BCUT2D eigenvalue weighted by Gasteiger charge is 2.19. The zero-order chi connectivity index (χ0) is 19.4. The van der Waals surface area contributed by atoms with E-state index in [1.165, 1.54) is 0 Å². The Morgan fingerprint density at radius 3 is 2.74 bits per heavy atom. The van der Waals surface area contributed by atoms with E-state index in [1.807, 2.05) is 18.2 Å². The molecule has 1 aliphatic heterocycles. The van der Waals surface area contributed by atoms with E-state index in [0.717, 1.165) is 35.4 Å². The summed E-state index contributed by atoms with van der Waals surface area (Å²) in [6.07, 6.45) is -0.0651. The number of hydrogen-bond donors (Lipinski definition) is 2. The molecule has 0 aromatic heterocycles. The monoisotopic (exact) mass is 376 g/mol. The molecule has 27 heavy (non-hydrogen) atoms. The third-order valence-electron chi connectivity index (χ3n) is 4.02. The molecule has 0 aliphatic carbocycles. The molecule has 0 unspecified atom stereocenters. The highest BCUT2D eigenvalue weighted by Crippen LogP contribution is 2.26. The number of carbonyl (C=O) groups excluding carboxylic acids is 2. The molecular formula is C19H18F2N2O4. The van der Waals surface area contributed by atoms with Crippen molar-refractivity contribution in [3.05, 3.63) is 58.7 Å². The van der Waals surface area contributed by atoms with Crippen LogP contribution in [0.1, 0.15) is 28.4 Å². The maximum Gasteiger partial charge on any atom is 0.411 e. The van der Waals surface area contributed by atoms with Crippen LogP contribution in [-0.2, 0) is 17.7 Å². The average molecular weight is 376 g/mol. The molecular weight excluding hydrogens is 358 g/mol. The second-order valence-corrected chi connectivity index (χ2v) is 5.88. The topological polar surface area (TPSA) is 76.7 Å². The fraction of sp³-hybridized carbons (Fsp3) is 0.263. The van der Waals surface area contributed by atoms with Crippen LogP contribution < -0.4 is 15.4 Å². The van der Waals surface area contributed by atoms with Crippen LogP contribution in [0.5, 0.6) is 5.75 Å². The highest BCUT2D eigenvalue weighted by molar-refractivity contribution is 6.02. The van der Waals surface area contributed by atoms with Crippen LogP contribution >= 0.6 is 0 Å². The van der Waals surface area contributed by atoms with Crippen LogP contribution in [0, 0.1) is 11.6 Å². The normalized spacial score (nSPS) is 12.1. The Balaban J connectivity index is 1.75. The van der Waals surface area contributed by atoms with E-state index in [9.17, 15) is 18.4 Å². The van der Waals surface area contributed by atoms with Crippen LogP contribution in [0.25, 0.3) is 0 Å². The molecule has 142 valence electrons. The number of anilines is 1. The second-order valence-electron chi connectivity index (χ2n) is 5.88. The van der Waals surface area contributed by atoms with Gasteiger partial charge in [-0.1, -0.05) is 12.1 Å². The van der Waals surface area contributed by atoms with Crippen molar-refractivity contribution in [2.75, 3.05) is 18.5 Å².